The first kappa shape index (κ1) is 54.5. The molecule has 0 spiro atoms. The van der Waals surface area contributed by atoms with Crippen LogP contribution in [0.1, 0.15) is 26.7 Å². The van der Waals surface area contributed by atoms with Crippen molar-refractivity contribution in [3.63, 3.8) is 0 Å². The number of esters is 1. The summed E-state index contributed by atoms with van der Waals surface area (Å²) in [4.78, 5) is 27.0. The van der Waals surface area contributed by atoms with Crippen LogP contribution >= 0.6 is 0 Å². The van der Waals surface area contributed by atoms with Gasteiger partial charge < -0.3 is 34.6 Å². The molecule has 15 nitrogen and oxygen atoms in total. The zero-order valence-corrected chi connectivity index (χ0v) is 39.6. The molecule has 0 heterocycles. The van der Waals surface area contributed by atoms with Crippen LogP contribution in [0.2, 0.25) is 0 Å². The number of rotatable bonds is 18. The van der Waals surface area contributed by atoms with E-state index in [0.717, 1.165) is 22.1 Å². The van der Waals surface area contributed by atoms with Gasteiger partial charge in [-0.2, -0.15) is 0 Å². The van der Waals surface area contributed by atoms with E-state index < -0.39 is 26.0 Å². The predicted octanol–water partition coefficient (Wildman–Crippen LogP) is 4.82. The molecule has 0 fully saturated rings. The van der Waals surface area contributed by atoms with Gasteiger partial charge in [0.1, 0.15) is 11.5 Å². The maximum Gasteiger partial charge on any atom is 1.00 e. The molecular weight excluding hydrogens is 892 g/mol. The van der Waals surface area contributed by atoms with E-state index in [0.29, 0.717) is 33.6 Å². The number of aliphatic carboxylic acids is 1. The van der Waals surface area contributed by atoms with Crippen molar-refractivity contribution in [3.05, 3.63) is 121 Å². The standard InChI is InChI=1S/C25H26N2O5S.C24H24N2O5S.Li.H2O/c1-5-15-27(18(2)16-25(28)32-4)24-14-13-23(21-11-6-7-12-22(21)24)26-33(29,30)20-10-8-9-19(17-20)31-3;1-4-14-26(17(2)15-24(27)28)23-13-12-22(20-10-5-6-11-21(20)23)25-32(29,30)19-9-7-8-18(16-19)31-3;;/h1,6-14,17-18,26H,15-16H2,2-4H3;1,5-13,16-17,25H,14-15H2,2-3H3,(H,27,28);;1H2/q;;+1;/p-1/t18-;17-;;/m00../s1. The molecule has 0 unspecified atom stereocenters. The van der Waals surface area contributed by atoms with Crippen LogP contribution in [-0.2, 0) is 34.4 Å². The number of sulfonamides is 2. The first-order valence-corrected chi connectivity index (χ1v) is 23.1. The number of terminal acetylenes is 2. The number of fused-ring (bicyclic) bond motifs is 2. The Balaban J connectivity index is 0.000000345. The third kappa shape index (κ3) is 13.6. The molecule has 4 N–H and O–H groups in total. The van der Waals surface area contributed by atoms with Gasteiger partial charge in [0.05, 0.1) is 68.4 Å². The summed E-state index contributed by atoms with van der Waals surface area (Å²) in [7, 11) is -3.42. The van der Waals surface area contributed by atoms with Crippen LogP contribution in [0.5, 0.6) is 11.5 Å². The van der Waals surface area contributed by atoms with Crippen molar-refractivity contribution < 1.29 is 70.1 Å². The maximum atomic E-state index is 13.0. The van der Waals surface area contributed by atoms with Crippen LogP contribution in [0.3, 0.4) is 0 Å². The molecule has 2 atom stereocenters. The molecule has 67 heavy (non-hydrogen) atoms. The number of nitrogens with zero attached hydrogens (tertiary/aromatic N) is 2. The molecule has 0 radical (unpaired) electrons. The summed E-state index contributed by atoms with van der Waals surface area (Å²) in [5.74, 6) is 4.84. The number of ether oxygens (including phenoxy) is 3. The molecule has 0 saturated heterocycles. The van der Waals surface area contributed by atoms with Crippen LogP contribution in [0.25, 0.3) is 21.5 Å². The van der Waals surface area contributed by atoms with E-state index in [4.69, 9.17) is 27.1 Å². The molecule has 346 valence electrons. The average molecular weight is 943 g/mol. The summed E-state index contributed by atoms with van der Waals surface area (Å²) >= 11 is 0. The number of nitrogens with one attached hydrogen (secondary N) is 2. The van der Waals surface area contributed by atoms with Crippen LogP contribution < -0.4 is 47.6 Å². The Hall–Kier alpha value is -6.84. The van der Waals surface area contributed by atoms with Crippen LogP contribution in [0, 0.1) is 24.7 Å². The summed E-state index contributed by atoms with van der Waals surface area (Å²) in [6.07, 6.45) is 11.2. The number of carbonyl (C=O) groups is 2. The molecule has 0 saturated carbocycles. The van der Waals surface area contributed by atoms with E-state index in [2.05, 4.69) is 21.3 Å². The van der Waals surface area contributed by atoms with Crippen molar-refractivity contribution in [2.75, 3.05) is 53.7 Å². The normalized spacial score (nSPS) is 11.6. The number of methoxy groups -OCH3 is 3. The van der Waals surface area contributed by atoms with Gasteiger partial charge >= 0.3 is 30.8 Å². The topological polar surface area (TPSA) is 211 Å². The minimum atomic E-state index is -3.87. The maximum absolute atomic E-state index is 13.0. The Morgan fingerprint density at radius 3 is 1.36 bits per heavy atom. The molecule has 6 aromatic rings. The molecule has 0 aromatic heterocycles. The van der Waals surface area contributed by atoms with Crippen molar-refractivity contribution >= 4 is 76.3 Å². The zero-order chi connectivity index (χ0) is 47.3. The smallest absolute Gasteiger partial charge is 0.870 e. The second-order valence-electron chi connectivity index (χ2n) is 14.7. The Morgan fingerprint density at radius 1 is 0.612 bits per heavy atom. The molecule has 0 aliphatic carbocycles. The Labute approximate surface area is 404 Å². The monoisotopic (exact) mass is 942 g/mol. The fourth-order valence-corrected chi connectivity index (χ4v) is 9.37. The van der Waals surface area contributed by atoms with Crippen molar-refractivity contribution in [2.24, 2.45) is 0 Å². The third-order valence-corrected chi connectivity index (χ3v) is 13.1. The van der Waals surface area contributed by atoms with E-state index in [9.17, 15) is 31.5 Å². The number of benzene rings is 6. The second kappa shape index (κ2) is 24.6. The van der Waals surface area contributed by atoms with Gasteiger partial charge in [0, 0.05) is 57.1 Å². The van der Waals surface area contributed by atoms with E-state index in [-0.39, 0.29) is 78.1 Å². The third-order valence-electron chi connectivity index (χ3n) is 10.4. The fourth-order valence-electron chi connectivity index (χ4n) is 7.14. The first-order chi connectivity index (χ1) is 31.1. The molecule has 0 amide bonds. The van der Waals surface area contributed by atoms with Gasteiger partial charge in [-0.25, -0.2) is 16.8 Å². The van der Waals surface area contributed by atoms with Gasteiger partial charge in [-0.3, -0.25) is 19.0 Å². The minimum Gasteiger partial charge on any atom is -0.870 e. The van der Waals surface area contributed by atoms with Crippen LogP contribution in [-0.4, -0.2) is 85.9 Å². The second-order valence-corrected chi connectivity index (χ2v) is 18.0. The summed E-state index contributed by atoms with van der Waals surface area (Å²) in [6, 6.07) is 33.5. The summed E-state index contributed by atoms with van der Waals surface area (Å²) in [5.41, 5.74) is 2.36. The Morgan fingerprint density at radius 2 is 1.00 bits per heavy atom. The van der Waals surface area contributed by atoms with Gasteiger partial charge in [0.25, 0.3) is 20.0 Å². The SMILES string of the molecule is C#CCN(c1ccc(NS(=O)(=O)c2cccc(OC)c2)c2ccccc12)[C@@H](C)CC(=O)O.C#CCN(c1ccc(NS(=O)(=O)c2cccc(OC)c2)c2ccccc12)[C@@H](C)CC(=O)OC.[Li+].[OH-]. The number of carboxylic acid groups (broad SMARTS) is 1. The van der Waals surface area contributed by atoms with E-state index in [1.54, 1.807) is 61.5 Å². The first-order valence-electron chi connectivity index (χ1n) is 20.1. The molecule has 0 aliphatic heterocycles. The van der Waals surface area contributed by atoms with Crippen molar-refractivity contribution in [1.82, 2.24) is 0 Å². The van der Waals surface area contributed by atoms with Crippen molar-refractivity contribution in [3.8, 4) is 36.2 Å². The molecule has 6 rings (SSSR count). The minimum absolute atomic E-state index is 0. The Kier molecular flexibility index (Phi) is 20.0. The molecule has 0 aliphatic rings. The van der Waals surface area contributed by atoms with Crippen LogP contribution in [0.15, 0.2) is 131 Å². The largest absolute Gasteiger partial charge is 1.00 e. The van der Waals surface area contributed by atoms with Crippen molar-refractivity contribution in [2.45, 2.75) is 48.6 Å². The number of hydrogen-bond acceptors (Lipinski definition) is 12. The van der Waals surface area contributed by atoms with Gasteiger partial charge in [-0.1, -0.05) is 72.5 Å². The fraction of sp³-hybridized carbons (Fsp3) is 0.224. The molecule has 18 heteroatoms. The molecule has 0 bridgehead atoms. The summed E-state index contributed by atoms with van der Waals surface area (Å²) in [6.45, 7) is 4.17. The van der Waals surface area contributed by atoms with E-state index in [1.807, 2.05) is 59.2 Å². The average Bonchev–Trinajstić information content (AvgIpc) is 3.30. The van der Waals surface area contributed by atoms with E-state index >= 15 is 0 Å². The van der Waals surface area contributed by atoms with Crippen LogP contribution in [0.4, 0.5) is 22.7 Å². The summed E-state index contributed by atoms with van der Waals surface area (Å²) < 4.78 is 72.5. The number of hydrogen-bond donors (Lipinski definition) is 3. The number of carbonyl (C=O) groups excluding carboxylic acids is 1. The van der Waals surface area contributed by atoms with Gasteiger partial charge in [0.15, 0.2) is 0 Å². The van der Waals surface area contributed by atoms with Gasteiger partial charge in [0.2, 0.25) is 0 Å². The predicted molar refractivity (Wildman–Crippen MR) is 258 cm³/mol. The number of carboxylic acids is 1. The zero-order valence-electron chi connectivity index (χ0n) is 38.0. The van der Waals surface area contributed by atoms with Gasteiger partial charge in [-0.15, -0.1) is 12.8 Å². The van der Waals surface area contributed by atoms with Crippen molar-refractivity contribution in [1.29, 1.82) is 0 Å². The van der Waals surface area contributed by atoms with Gasteiger partial charge in [-0.05, 0) is 62.4 Å². The molecular formula is C49H51LiN4O11S2. The molecule has 6 aromatic carbocycles. The Bertz CT molecular complexity index is 2990. The quantitative estimate of drug-likeness (QED) is 0.0601. The summed E-state index contributed by atoms with van der Waals surface area (Å²) in [5, 5.41) is 12.1. The van der Waals surface area contributed by atoms with E-state index in [1.165, 1.54) is 45.6 Å². The number of anilines is 4.